The maximum absolute atomic E-state index is 4.89. The van der Waals surface area contributed by atoms with E-state index in [1.165, 1.54) is 28.1 Å². The number of thiazole rings is 1. The minimum atomic E-state index is 0.427. The van der Waals surface area contributed by atoms with Gasteiger partial charge in [0.15, 0.2) is 0 Å². The van der Waals surface area contributed by atoms with Crippen LogP contribution in [0.15, 0.2) is 42.7 Å². The van der Waals surface area contributed by atoms with Crippen molar-refractivity contribution in [2.24, 2.45) is 0 Å². The van der Waals surface area contributed by atoms with Crippen LogP contribution < -0.4 is 5.32 Å². The molecule has 3 nitrogen and oxygen atoms in total. The molecule has 1 N–H and O–H groups in total. The van der Waals surface area contributed by atoms with Crippen LogP contribution in [0.2, 0.25) is 0 Å². The van der Waals surface area contributed by atoms with Crippen molar-refractivity contribution >= 4 is 21.6 Å². The van der Waals surface area contributed by atoms with E-state index in [9.17, 15) is 0 Å². The predicted molar refractivity (Wildman–Crippen MR) is 82.8 cm³/mol. The van der Waals surface area contributed by atoms with Crippen molar-refractivity contribution in [3.63, 3.8) is 0 Å². The summed E-state index contributed by atoms with van der Waals surface area (Å²) in [5.74, 6) is 0. The smallest absolute Gasteiger partial charge is 0.111 e. The minimum Gasteiger partial charge on any atom is -0.308 e. The van der Waals surface area contributed by atoms with Gasteiger partial charge in [-0.2, -0.15) is 0 Å². The molecule has 4 rings (SSSR count). The first-order valence-corrected chi connectivity index (χ1v) is 7.77. The van der Waals surface area contributed by atoms with Gasteiger partial charge in [0.05, 0.1) is 16.3 Å². The van der Waals surface area contributed by atoms with Gasteiger partial charge in [-0.25, -0.2) is 4.98 Å². The Kier molecular flexibility index (Phi) is 2.98. The molecule has 3 heterocycles. The topological polar surface area (TPSA) is 37.8 Å². The molecule has 1 unspecified atom stereocenters. The SMILES string of the molecule is c1ccc(-c2cncc3sc(C4CCCN4)nc23)cc1. The summed E-state index contributed by atoms with van der Waals surface area (Å²) in [7, 11) is 0. The second-order valence-corrected chi connectivity index (χ2v) is 6.16. The van der Waals surface area contributed by atoms with Crippen LogP contribution in [0.5, 0.6) is 0 Å². The van der Waals surface area contributed by atoms with Crippen molar-refractivity contribution in [3.8, 4) is 11.1 Å². The van der Waals surface area contributed by atoms with Gasteiger partial charge in [0, 0.05) is 18.0 Å². The molecule has 20 heavy (non-hydrogen) atoms. The average Bonchev–Trinajstić information content (AvgIpc) is 3.16. The zero-order chi connectivity index (χ0) is 13.4. The zero-order valence-corrected chi connectivity index (χ0v) is 11.9. The van der Waals surface area contributed by atoms with Crippen molar-refractivity contribution in [1.82, 2.24) is 15.3 Å². The fourth-order valence-corrected chi connectivity index (χ4v) is 3.82. The van der Waals surface area contributed by atoms with Gasteiger partial charge in [0.2, 0.25) is 0 Å². The fraction of sp³-hybridized carbons (Fsp3) is 0.250. The highest BCUT2D eigenvalue weighted by atomic mass is 32.1. The summed E-state index contributed by atoms with van der Waals surface area (Å²) >= 11 is 1.77. The number of nitrogens with one attached hydrogen (secondary N) is 1. The molecule has 0 spiro atoms. The van der Waals surface area contributed by atoms with E-state index in [0.717, 1.165) is 17.6 Å². The number of hydrogen-bond donors (Lipinski definition) is 1. The van der Waals surface area contributed by atoms with Crippen molar-refractivity contribution < 1.29 is 0 Å². The van der Waals surface area contributed by atoms with E-state index in [-0.39, 0.29) is 0 Å². The lowest BCUT2D eigenvalue weighted by Crippen LogP contribution is -2.12. The Morgan fingerprint density at radius 1 is 1.15 bits per heavy atom. The van der Waals surface area contributed by atoms with Gasteiger partial charge in [-0.3, -0.25) is 4.98 Å². The zero-order valence-electron chi connectivity index (χ0n) is 11.0. The molecule has 0 aliphatic carbocycles. The molecule has 100 valence electrons. The van der Waals surface area contributed by atoms with Gasteiger partial charge in [0.25, 0.3) is 0 Å². The summed E-state index contributed by atoms with van der Waals surface area (Å²) < 4.78 is 1.18. The minimum absolute atomic E-state index is 0.427. The largest absolute Gasteiger partial charge is 0.308 e. The molecule has 1 aliphatic heterocycles. The number of rotatable bonds is 2. The molecule has 0 bridgehead atoms. The molecular weight excluding hydrogens is 266 g/mol. The van der Waals surface area contributed by atoms with E-state index < -0.39 is 0 Å². The van der Waals surface area contributed by atoms with Crippen LogP contribution in [-0.2, 0) is 0 Å². The number of nitrogens with zero attached hydrogens (tertiary/aromatic N) is 2. The lowest BCUT2D eigenvalue weighted by molar-refractivity contribution is 0.644. The van der Waals surface area contributed by atoms with Gasteiger partial charge in [-0.05, 0) is 24.9 Å². The summed E-state index contributed by atoms with van der Waals surface area (Å²) in [6.45, 7) is 1.10. The van der Waals surface area contributed by atoms with Crippen molar-refractivity contribution in [2.45, 2.75) is 18.9 Å². The van der Waals surface area contributed by atoms with Gasteiger partial charge in [-0.15, -0.1) is 11.3 Å². The molecule has 1 aromatic carbocycles. The van der Waals surface area contributed by atoms with E-state index in [4.69, 9.17) is 4.98 Å². The quantitative estimate of drug-likeness (QED) is 0.776. The normalized spacial score (nSPS) is 18.7. The molecule has 0 radical (unpaired) electrons. The fourth-order valence-electron chi connectivity index (χ4n) is 2.74. The summed E-state index contributed by atoms with van der Waals surface area (Å²) in [5, 5.41) is 4.72. The summed E-state index contributed by atoms with van der Waals surface area (Å²) in [5.41, 5.74) is 3.39. The van der Waals surface area contributed by atoms with E-state index >= 15 is 0 Å². The summed E-state index contributed by atoms with van der Waals surface area (Å²) in [6, 6.07) is 10.8. The monoisotopic (exact) mass is 281 g/mol. The number of fused-ring (bicyclic) bond motifs is 1. The third-order valence-electron chi connectivity index (χ3n) is 3.76. The highest BCUT2D eigenvalue weighted by molar-refractivity contribution is 7.18. The van der Waals surface area contributed by atoms with E-state index in [1.807, 2.05) is 18.5 Å². The Morgan fingerprint density at radius 3 is 2.85 bits per heavy atom. The molecule has 2 aromatic heterocycles. The van der Waals surface area contributed by atoms with Crippen LogP contribution >= 0.6 is 11.3 Å². The second kappa shape index (κ2) is 4.96. The Labute approximate surface area is 121 Å². The average molecular weight is 281 g/mol. The molecule has 4 heteroatoms. The Hall–Kier alpha value is -1.78. The summed E-state index contributed by atoms with van der Waals surface area (Å²) in [6.07, 6.45) is 6.28. The number of pyridine rings is 1. The molecule has 1 aliphatic rings. The molecule has 1 atom stereocenters. The lowest BCUT2D eigenvalue weighted by atomic mass is 10.1. The molecule has 0 saturated carbocycles. The first-order valence-electron chi connectivity index (χ1n) is 6.95. The Balaban J connectivity index is 1.85. The highest BCUT2D eigenvalue weighted by Gasteiger charge is 2.21. The third-order valence-corrected chi connectivity index (χ3v) is 4.87. The van der Waals surface area contributed by atoms with Crippen LogP contribution in [0, 0.1) is 0 Å². The molecule has 3 aromatic rings. The third kappa shape index (κ3) is 2.01. The van der Waals surface area contributed by atoms with Crippen LogP contribution in [0.4, 0.5) is 0 Å². The number of aromatic nitrogens is 2. The van der Waals surface area contributed by atoms with E-state index in [1.54, 1.807) is 11.3 Å². The number of hydrogen-bond acceptors (Lipinski definition) is 4. The van der Waals surface area contributed by atoms with Crippen LogP contribution in [-0.4, -0.2) is 16.5 Å². The second-order valence-electron chi connectivity index (χ2n) is 5.10. The van der Waals surface area contributed by atoms with Crippen LogP contribution in [0.3, 0.4) is 0 Å². The highest BCUT2D eigenvalue weighted by Crippen LogP contribution is 2.34. The van der Waals surface area contributed by atoms with Crippen LogP contribution in [0.1, 0.15) is 23.9 Å². The van der Waals surface area contributed by atoms with E-state index in [0.29, 0.717) is 6.04 Å². The van der Waals surface area contributed by atoms with E-state index in [2.05, 4.69) is 34.6 Å². The van der Waals surface area contributed by atoms with Gasteiger partial charge < -0.3 is 5.32 Å². The molecule has 1 fully saturated rings. The van der Waals surface area contributed by atoms with Crippen LogP contribution in [0.25, 0.3) is 21.3 Å². The lowest BCUT2D eigenvalue weighted by Gasteiger charge is -2.04. The predicted octanol–water partition coefficient (Wildman–Crippen LogP) is 3.78. The maximum atomic E-state index is 4.89. The molecule has 1 saturated heterocycles. The van der Waals surface area contributed by atoms with Crippen molar-refractivity contribution in [3.05, 3.63) is 47.7 Å². The Morgan fingerprint density at radius 2 is 2.05 bits per heavy atom. The maximum Gasteiger partial charge on any atom is 0.111 e. The van der Waals surface area contributed by atoms with Gasteiger partial charge in [0.1, 0.15) is 5.01 Å². The van der Waals surface area contributed by atoms with Gasteiger partial charge in [-0.1, -0.05) is 30.3 Å². The standard InChI is InChI=1S/C16H15N3S/c1-2-5-11(6-3-1)12-9-17-10-14-15(12)19-16(20-14)13-7-4-8-18-13/h1-3,5-6,9-10,13,18H,4,7-8H2. The first-order chi connectivity index (χ1) is 9.92. The van der Waals surface area contributed by atoms with Crippen molar-refractivity contribution in [1.29, 1.82) is 0 Å². The molecular formula is C16H15N3S. The molecule has 0 amide bonds. The Bertz CT molecular complexity index is 730. The van der Waals surface area contributed by atoms with Gasteiger partial charge >= 0.3 is 0 Å². The first kappa shape index (κ1) is 12.0. The van der Waals surface area contributed by atoms with Crippen molar-refractivity contribution in [2.75, 3.05) is 6.54 Å². The summed E-state index contributed by atoms with van der Waals surface area (Å²) in [4.78, 5) is 9.27. The number of benzene rings is 1.